The summed E-state index contributed by atoms with van der Waals surface area (Å²) in [5, 5.41) is 6.32. The molecule has 1 fully saturated rings. The van der Waals surface area contributed by atoms with E-state index >= 15 is 0 Å². The van der Waals surface area contributed by atoms with E-state index in [2.05, 4.69) is 10.6 Å². The van der Waals surface area contributed by atoms with Crippen LogP contribution in [0.5, 0.6) is 0 Å². The zero-order chi connectivity index (χ0) is 16.8. The van der Waals surface area contributed by atoms with E-state index in [-0.39, 0.29) is 30.4 Å². The predicted molar refractivity (Wildman–Crippen MR) is 92.6 cm³/mol. The van der Waals surface area contributed by atoms with Gasteiger partial charge in [-0.25, -0.2) is 0 Å². The van der Waals surface area contributed by atoms with Crippen LogP contribution in [-0.4, -0.2) is 42.4 Å². The Labute approximate surface area is 142 Å². The van der Waals surface area contributed by atoms with Crippen molar-refractivity contribution in [3.05, 3.63) is 29.3 Å². The highest BCUT2D eigenvalue weighted by Crippen LogP contribution is 2.20. The van der Waals surface area contributed by atoms with Crippen LogP contribution < -0.4 is 10.6 Å². The quantitative estimate of drug-likeness (QED) is 0.839. The monoisotopic (exact) mass is 337 g/mol. The average Bonchev–Trinajstić information content (AvgIpc) is 3.01. The van der Waals surface area contributed by atoms with Crippen LogP contribution in [0.25, 0.3) is 0 Å². The lowest BCUT2D eigenvalue weighted by Gasteiger charge is -2.25. The third-order valence-corrected chi connectivity index (χ3v) is 4.61. The number of nitrogens with zero attached hydrogens (tertiary/aromatic N) is 1. The van der Waals surface area contributed by atoms with Crippen LogP contribution in [-0.2, 0) is 9.59 Å². The topological polar surface area (TPSA) is 61.4 Å². The third kappa shape index (κ3) is 5.22. The van der Waals surface area contributed by atoms with E-state index in [1.54, 1.807) is 30.1 Å². The molecule has 2 amide bonds. The smallest absolute Gasteiger partial charge is 0.238 e. The van der Waals surface area contributed by atoms with Crippen LogP contribution in [0.3, 0.4) is 0 Å². The van der Waals surface area contributed by atoms with Gasteiger partial charge in [0.05, 0.1) is 23.3 Å². The summed E-state index contributed by atoms with van der Waals surface area (Å²) in [6.45, 7) is 1.94. The molecule has 0 saturated heterocycles. The highest BCUT2D eigenvalue weighted by Gasteiger charge is 2.24. The molecule has 6 heteroatoms. The van der Waals surface area contributed by atoms with Crippen LogP contribution in [0, 0.1) is 0 Å². The summed E-state index contributed by atoms with van der Waals surface area (Å²) in [4.78, 5) is 26.1. The van der Waals surface area contributed by atoms with Crippen molar-refractivity contribution < 1.29 is 9.59 Å². The van der Waals surface area contributed by atoms with Gasteiger partial charge < -0.3 is 10.6 Å². The first kappa shape index (κ1) is 17.8. The second kappa shape index (κ2) is 8.31. The Balaban J connectivity index is 1.82. The maximum Gasteiger partial charge on any atom is 0.238 e. The Bertz CT molecular complexity index is 559. The van der Waals surface area contributed by atoms with Crippen molar-refractivity contribution in [2.45, 2.75) is 44.7 Å². The standard InChI is InChI=1S/C17H24ClN3O2/c1-12(17(23)19-13-7-3-4-8-13)21(2)11-16(22)20-15-10-6-5-9-14(15)18/h5-6,9-10,12-13H,3-4,7-8,11H2,1-2H3,(H,19,23)(H,20,22)/t12-/m1/s1. The number of hydrogen-bond donors (Lipinski definition) is 2. The minimum Gasteiger partial charge on any atom is -0.352 e. The molecule has 0 bridgehead atoms. The molecule has 0 unspecified atom stereocenters. The average molecular weight is 338 g/mol. The van der Waals surface area contributed by atoms with Gasteiger partial charge in [0.25, 0.3) is 0 Å². The molecule has 0 radical (unpaired) electrons. The SMILES string of the molecule is C[C@H](C(=O)NC1CCCC1)N(C)CC(=O)Nc1ccccc1Cl. The number of para-hydroxylation sites is 1. The molecule has 5 nitrogen and oxygen atoms in total. The van der Waals surface area contributed by atoms with Crippen LogP contribution in [0.4, 0.5) is 5.69 Å². The maximum absolute atomic E-state index is 12.2. The van der Waals surface area contributed by atoms with Crippen molar-refractivity contribution in [3.8, 4) is 0 Å². The summed E-state index contributed by atoms with van der Waals surface area (Å²) in [6.07, 6.45) is 4.45. The van der Waals surface area contributed by atoms with Crippen molar-refractivity contribution in [1.82, 2.24) is 10.2 Å². The first-order chi connectivity index (χ1) is 11.0. The van der Waals surface area contributed by atoms with E-state index < -0.39 is 0 Å². The molecule has 1 saturated carbocycles. The predicted octanol–water partition coefficient (Wildman–Crippen LogP) is 2.66. The first-order valence-electron chi connectivity index (χ1n) is 8.02. The normalized spacial score (nSPS) is 16.3. The Morgan fingerprint density at radius 1 is 1.30 bits per heavy atom. The van der Waals surface area contributed by atoms with Crippen LogP contribution >= 0.6 is 11.6 Å². The summed E-state index contributed by atoms with van der Waals surface area (Å²) in [6, 6.07) is 7.01. The largest absolute Gasteiger partial charge is 0.352 e. The van der Waals surface area contributed by atoms with Gasteiger partial charge in [-0.2, -0.15) is 0 Å². The molecule has 0 aliphatic heterocycles. The number of carbonyl (C=O) groups is 2. The van der Waals surface area contributed by atoms with Gasteiger partial charge >= 0.3 is 0 Å². The molecule has 0 spiro atoms. The van der Waals surface area contributed by atoms with Crippen LogP contribution in [0.1, 0.15) is 32.6 Å². The third-order valence-electron chi connectivity index (χ3n) is 4.28. The number of carbonyl (C=O) groups excluding carboxylic acids is 2. The van der Waals surface area contributed by atoms with Crippen molar-refractivity contribution >= 4 is 29.1 Å². The van der Waals surface area contributed by atoms with E-state index in [1.165, 1.54) is 12.8 Å². The summed E-state index contributed by atoms with van der Waals surface area (Å²) in [7, 11) is 1.77. The van der Waals surface area contributed by atoms with E-state index in [9.17, 15) is 9.59 Å². The van der Waals surface area contributed by atoms with Gasteiger partial charge in [0, 0.05) is 6.04 Å². The number of amides is 2. The van der Waals surface area contributed by atoms with Crippen molar-refractivity contribution in [2.75, 3.05) is 18.9 Å². The fourth-order valence-electron chi connectivity index (χ4n) is 2.71. The first-order valence-corrected chi connectivity index (χ1v) is 8.40. The maximum atomic E-state index is 12.2. The van der Waals surface area contributed by atoms with Crippen molar-refractivity contribution in [1.29, 1.82) is 0 Å². The van der Waals surface area contributed by atoms with Gasteiger partial charge in [-0.1, -0.05) is 36.6 Å². The summed E-state index contributed by atoms with van der Waals surface area (Å²) >= 11 is 6.02. The van der Waals surface area contributed by atoms with E-state index in [1.807, 2.05) is 13.0 Å². The van der Waals surface area contributed by atoms with Gasteiger partial charge in [-0.05, 0) is 38.9 Å². The van der Waals surface area contributed by atoms with E-state index in [0.29, 0.717) is 10.7 Å². The summed E-state index contributed by atoms with van der Waals surface area (Å²) < 4.78 is 0. The molecule has 1 aromatic carbocycles. The Kier molecular flexibility index (Phi) is 6.42. The van der Waals surface area contributed by atoms with Gasteiger partial charge in [-0.15, -0.1) is 0 Å². The van der Waals surface area contributed by atoms with E-state index in [0.717, 1.165) is 12.8 Å². The molecule has 1 atom stereocenters. The zero-order valence-electron chi connectivity index (χ0n) is 13.6. The fraction of sp³-hybridized carbons (Fsp3) is 0.529. The lowest BCUT2D eigenvalue weighted by Crippen LogP contribution is -2.48. The van der Waals surface area contributed by atoms with Gasteiger partial charge in [0.2, 0.25) is 11.8 Å². The fourth-order valence-corrected chi connectivity index (χ4v) is 2.89. The molecule has 0 heterocycles. The number of benzene rings is 1. The second-order valence-electron chi connectivity index (χ2n) is 6.11. The molecular weight excluding hydrogens is 314 g/mol. The Morgan fingerprint density at radius 2 is 1.96 bits per heavy atom. The van der Waals surface area contributed by atoms with Crippen LogP contribution in [0.2, 0.25) is 5.02 Å². The molecular formula is C17H24ClN3O2. The molecule has 23 heavy (non-hydrogen) atoms. The second-order valence-corrected chi connectivity index (χ2v) is 6.52. The van der Waals surface area contributed by atoms with Gasteiger partial charge in [-0.3, -0.25) is 14.5 Å². The van der Waals surface area contributed by atoms with E-state index in [4.69, 9.17) is 11.6 Å². The highest BCUT2D eigenvalue weighted by molar-refractivity contribution is 6.33. The molecule has 1 aromatic rings. The van der Waals surface area contributed by atoms with Gasteiger partial charge in [0.1, 0.15) is 0 Å². The lowest BCUT2D eigenvalue weighted by molar-refractivity contribution is -0.127. The Hall–Kier alpha value is -1.59. The van der Waals surface area contributed by atoms with Gasteiger partial charge in [0.15, 0.2) is 0 Å². The molecule has 2 rings (SSSR count). The van der Waals surface area contributed by atoms with Crippen LogP contribution in [0.15, 0.2) is 24.3 Å². The Morgan fingerprint density at radius 3 is 2.61 bits per heavy atom. The number of likely N-dealkylation sites (N-methyl/N-ethyl adjacent to an activating group) is 1. The van der Waals surface area contributed by atoms with Crippen molar-refractivity contribution in [3.63, 3.8) is 0 Å². The minimum absolute atomic E-state index is 0.0232. The number of nitrogens with one attached hydrogen (secondary N) is 2. The number of anilines is 1. The summed E-state index contributed by atoms with van der Waals surface area (Å²) in [5.74, 6) is -0.217. The number of hydrogen-bond acceptors (Lipinski definition) is 3. The lowest BCUT2D eigenvalue weighted by atomic mass is 10.2. The molecule has 126 valence electrons. The minimum atomic E-state index is -0.354. The molecule has 2 N–H and O–H groups in total. The number of halogens is 1. The zero-order valence-corrected chi connectivity index (χ0v) is 14.4. The van der Waals surface area contributed by atoms with Crippen molar-refractivity contribution in [2.24, 2.45) is 0 Å². The molecule has 1 aliphatic rings. The molecule has 1 aliphatic carbocycles. The molecule has 0 aromatic heterocycles. The highest BCUT2D eigenvalue weighted by atomic mass is 35.5. The number of rotatable bonds is 6. The summed E-state index contributed by atoms with van der Waals surface area (Å²) in [5.41, 5.74) is 0.579.